The van der Waals surface area contributed by atoms with Crippen molar-refractivity contribution in [2.75, 3.05) is 6.54 Å². The zero-order chi connectivity index (χ0) is 12.2. The number of halogens is 2. The van der Waals surface area contributed by atoms with Crippen molar-refractivity contribution >= 4 is 33.2 Å². The zero-order valence-electron chi connectivity index (χ0n) is 7.94. The molecule has 1 aromatic heterocycles. The molecule has 0 fully saturated rings. The van der Waals surface area contributed by atoms with Gasteiger partial charge in [0.25, 0.3) is 0 Å². The van der Waals surface area contributed by atoms with Crippen LogP contribution >= 0.6 is 23.2 Å². The van der Waals surface area contributed by atoms with E-state index < -0.39 is 10.0 Å². The summed E-state index contributed by atoms with van der Waals surface area (Å²) in [6, 6.07) is 3.02. The second kappa shape index (κ2) is 5.46. The molecule has 1 rings (SSSR count). The van der Waals surface area contributed by atoms with Gasteiger partial charge in [-0.25, -0.2) is 18.1 Å². The Kier molecular flexibility index (Phi) is 4.50. The molecule has 0 radical (unpaired) electrons. The first kappa shape index (κ1) is 13.2. The maximum Gasteiger partial charge on any atom is 0.242 e. The van der Waals surface area contributed by atoms with Crippen LogP contribution in [0.4, 0.5) is 0 Å². The van der Waals surface area contributed by atoms with Crippen molar-refractivity contribution in [3.05, 3.63) is 22.4 Å². The second-order valence-electron chi connectivity index (χ2n) is 2.75. The predicted octanol–water partition coefficient (Wildman–Crippen LogP) is 1.58. The summed E-state index contributed by atoms with van der Waals surface area (Å²) >= 11 is 11.2. The molecule has 1 aromatic rings. The number of nitrogens with zero attached hydrogens (tertiary/aromatic N) is 2. The summed E-state index contributed by atoms with van der Waals surface area (Å²) in [4.78, 5) is 3.54. The van der Waals surface area contributed by atoms with Crippen LogP contribution in [0.3, 0.4) is 0 Å². The molecule has 86 valence electrons. The number of rotatable bonds is 4. The van der Waals surface area contributed by atoms with E-state index >= 15 is 0 Å². The van der Waals surface area contributed by atoms with E-state index in [4.69, 9.17) is 28.5 Å². The van der Waals surface area contributed by atoms with Crippen LogP contribution in [0.25, 0.3) is 0 Å². The van der Waals surface area contributed by atoms with E-state index in [1.54, 1.807) is 0 Å². The molecule has 8 heteroatoms. The Bertz CT molecular complexity index is 525. The Labute approximate surface area is 103 Å². The molecule has 0 aliphatic rings. The Balaban J connectivity index is 2.91. The number of nitrogens with one attached hydrogen (secondary N) is 1. The maximum absolute atomic E-state index is 11.6. The highest BCUT2D eigenvalue weighted by Crippen LogP contribution is 2.21. The normalized spacial score (nSPS) is 11.1. The van der Waals surface area contributed by atoms with Crippen molar-refractivity contribution in [2.24, 2.45) is 0 Å². The summed E-state index contributed by atoms with van der Waals surface area (Å²) in [7, 11) is -3.68. The summed E-state index contributed by atoms with van der Waals surface area (Å²) in [6.07, 6.45) is 1.19. The van der Waals surface area contributed by atoms with Crippen LogP contribution in [0.15, 0.2) is 17.2 Å². The van der Waals surface area contributed by atoms with Crippen molar-refractivity contribution < 1.29 is 8.42 Å². The first-order chi connectivity index (χ1) is 7.47. The maximum atomic E-state index is 11.6. The molecule has 0 amide bonds. The topological polar surface area (TPSA) is 82.9 Å². The van der Waals surface area contributed by atoms with E-state index in [9.17, 15) is 8.42 Å². The third kappa shape index (κ3) is 3.32. The van der Waals surface area contributed by atoms with Gasteiger partial charge >= 0.3 is 0 Å². The Hall–Kier alpha value is -0.870. The van der Waals surface area contributed by atoms with Crippen molar-refractivity contribution in [3.63, 3.8) is 0 Å². The number of nitriles is 1. The molecular formula is C8H7Cl2N3O2S. The first-order valence-corrected chi connectivity index (χ1v) is 6.39. The Morgan fingerprint density at radius 2 is 2.19 bits per heavy atom. The van der Waals surface area contributed by atoms with E-state index in [0.717, 1.165) is 6.20 Å². The highest BCUT2D eigenvalue weighted by Gasteiger charge is 2.15. The van der Waals surface area contributed by atoms with Crippen molar-refractivity contribution in [1.82, 2.24) is 9.71 Å². The minimum Gasteiger partial charge on any atom is -0.242 e. The van der Waals surface area contributed by atoms with Crippen LogP contribution in [-0.4, -0.2) is 19.9 Å². The third-order valence-corrected chi connectivity index (χ3v) is 3.72. The molecular weight excluding hydrogens is 273 g/mol. The first-order valence-electron chi connectivity index (χ1n) is 4.15. The summed E-state index contributed by atoms with van der Waals surface area (Å²) in [5, 5.41) is 8.38. The lowest BCUT2D eigenvalue weighted by molar-refractivity contribution is 0.582. The molecule has 0 atom stereocenters. The number of hydrogen-bond acceptors (Lipinski definition) is 4. The van der Waals surface area contributed by atoms with Gasteiger partial charge in [-0.2, -0.15) is 5.26 Å². The van der Waals surface area contributed by atoms with E-state index in [-0.39, 0.29) is 28.0 Å². The average Bonchev–Trinajstić information content (AvgIpc) is 2.22. The molecule has 0 bridgehead atoms. The van der Waals surface area contributed by atoms with Gasteiger partial charge in [-0.3, -0.25) is 0 Å². The van der Waals surface area contributed by atoms with Gasteiger partial charge < -0.3 is 0 Å². The van der Waals surface area contributed by atoms with Crippen LogP contribution in [-0.2, 0) is 10.0 Å². The fraction of sp³-hybridized carbons (Fsp3) is 0.250. The molecule has 5 nitrogen and oxygen atoms in total. The molecule has 1 N–H and O–H groups in total. The SMILES string of the molecule is N#CCCNS(=O)(=O)c1cnc(Cl)c(Cl)c1. The lowest BCUT2D eigenvalue weighted by atomic mass is 10.5. The largest absolute Gasteiger partial charge is 0.242 e. The minimum atomic E-state index is -3.68. The molecule has 0 aliphatic heterocycles. The van der Waals surface area contributed by atoms with Crippen molar-refractivity contribution in [2.45, 2.75) is 11.3 Å². The lowest BCUT2D eigenvalue weighted by Gasteiger charge is -2.05. The molecule has 0 unspecified atom stereocenters. The summed E-state index contributed by atoms with van der Waals surface area (Å²) in [6.45, 7) is 0.0408. The Morgan fingerprint density at radius 3 is 2.75 bits per heavy atom. The third-order valence-electron chi connectivity index (χ3n) is 1.61. The molecule has 0 aliphatic carbocycles. The van der Waals surface area contributed by atoms with Gasteiger partial charge in [0.2, 0.25) is 10.0 Å². The zero-order valence-corrected chi connectivity index (χ0v) is 10.3. The summed E-state index contributed by atoms with van der Waals surface area (Å²) in [5.41, 5.74) is 0. The molecule has 1 heterocycles. The molecule has 0 spiro atoms. The lowest BCUT2D eigenvalue weighted by Crippen LogP contribution is -2.24. The molecule has 0 aromatic carbocycles. The van der Waals surface area contributed by atoms with Gasteiger partial charge in [0.05, 0.1) is 11.1 Å². The van der Waals surface area contributed by atoms with Gasteiger partial charge in [0.15, 0.2) is 0 Å². The summed E-state index contributed by atoms with van der Waals surface area (Å²) < 4.78 is 25.4. The number of sulfonamides is 1. The highest BCUT2D eigenvalue weighted by molar-refractivity contribution is 7.89. The van der Waals surface area contributed by atoms with Crippen LogP contribution in [0.5, 0.6) is 0 Å². The second-order valence-corrected chi connectivity index (χ2v) is 5.28. The number of hydrogen-bond donors (Lipinski definition) is 1. The van der Waals surface area contributed by atoms with E-state index in [0.29, 0.717) is 0 Å². The van der Waals surface area contributed by atoms with E-state index in [2.05, 4.69) is 9.71 Å². The van der Waals surface area contributed by atoms with Gasteiger partial charge in [0.1, 0.15) is 10.0 Å². The van der Waals surface area contributed by atoms with Crippen LogP contribution in [0.1, 0.15) is 6.42 Å². The van der Waals surface area contributed by atoms with Gasteiger partial charge in [-0.1, -0.05) is 23.2 Å². The van der Waals surface area contributed by atoms with Gasteiger partial charge in [-0.15, -0.1) is 0 Å². The molecule has 0 saturated carbocycles. The number of pyridine rings is 1. The van der Waals surface area contributed by atoms with Gasteiger partial charge in [-0.05, 0) is 6.07 Å². The van der Waals surface area contributed by atoms with Crippen LogP contribution < -0.4 is 4.72 Å². The molecule has 16 heavy (non-hydrogen) atoms. The monoisotopic (exact) mass is 279 g/mol. The fourth-order valence-corrected chi connectivity index (χ4v) is 2.21. The fourth-order valence-electron chi connectivity index (χ4n) is 0.875. The Morgan fingerprint density at radius 1 is 1.50 bits per heavy atom. The van der Waals surface area contributed by atoms with Crippen molar-refractivity contribution in [3.8, 4) is 6.07 Å². The minimum absolute atomic E-state index is 0.0395. The molecule has 0 saturated heterocycles. The summed E-state index contributed by atoms with van der Waals surface area (Å²) in [5.74, 6) is 0. The average molecular weight is 280 g/mol. The quantitative estimate of drug-likeness (QED) is 0.670. The van der Waals surface area contributed by atoms with Crippen molar-refractivity contribution in [1.29, 1.82) is 5.26 Å². The van der Waals surface area contributed by atoms with Crippen LogP contribution in [0.2, 0.25) is 10.2 Å². The smallest absolute Gasteiger partial charge is 0.242 e. The highest BCUT2D eigenvalue weighted by atomic mass is 35.5. The van der Waals surface area contributed by atoms with E-state index in [1.807, 2.05) is 6.07 Å². The van der Waals surface area contributed by atoms with Gasteiger partial charge in [0, 0.05) is 19.2 Å². The number of aromatic nitrogens is 1. The van der Waals surface area contributed by atoms with Crippen LogP contribution in [0, 0.1) is 11.3 Å². The van der Waals surface area contributed by atoms with E-state index in [1.165, 1.54) is 6.07 Å². The predicted molar refractivity (Wildman–Crippen MR) is 59.7 cm³/mol. The standard InChI is InChI=1S/C8H7Cl2N3O2S/c9-7-4-6(5-12-8(7)10)16(14,15)13-3-1-2-11/h4-5,13H,1,3H2.